The Morgan fingerprint density at radius 1 is 1.05 bits per heavy atom. The fourth-order valence-electron chi connectivity index (χ4n) is 2.38. The molecule has 0 aliphatic rings. The van der Waals surface area contributed by atoms with Crippen LogP contribution in [0.5, 0.6) is 0 Å². The molecule has 2 rings (SSSR count). The highest BCUT2D eigenvalue weighted by Crippen LogP contribution is 2.37. The highest BCUT2D eigenvalue weighted by atomic mass is 19.4. The summed E-state index contributed by atoms with van der Waals surface area (Å²) in [5.41, 5.74) is 0.645. The molecular weight excluding hydrogens is 282 g/mol. The van der Waals surface area contributed by atoms with Gasteiger partial charge >= 0.3 is 6.18 Å². The molecule has 1 unspecified atom stereocenters. The molecule has 1 nitrogen and oxygen atoms in total. The van der Waals surface area contributed by atoms with Gasteiger partial charge in [-0.1, -0.05) is 29.8 Å². The average molecular weight is 297 g/mol. The standard InChI is InChI=1S/C16H15F4N/c1-10-4-3-5-11(8-10)15(21-2)13-9-12(17)6-7-14(13)16(18,19)20/h3-9,15,21H,1-2H3. The number of nitrogens with one attached hydrogen (secondary N) is 1. The second-order valence-corrected chi connectivity index (χ2v) is 4.87. The lowest BCUT2D eigenvalue weighted by atomic mass is 9.93. The molecule has 21 heavy (non-hydrogen) atoms. The molecular formula is C16H15F4N. The number of hydrogen-bond acceptors (Lipinski definition) is 1. The Labute approximate surface area is 120 Å². The average Bonchev–Trinajstić information content (AvgIpc) is 2.38. The molecule has 0 aliphatic carbocycles. The van der Waals surface area contributed by atoms with Crippen molar-refractivity contribution in [1.82, 2.24) is 5.32 Å². The largest absolute Gasteiger partial charge is 0.416 e. The van der Waals surface area contributed by atoms with E-state index in [4.69, 9.17) is 0 Å². The lowest BCUT2D eigenvalue weighted by molar-refractivity contribution is -0.138. The number of alkyl halides is 3. The summed E-state index contributed by atoms with van der Waals surface area (Å²) in [6, 6.07) is 8.95. The molecule has 0 saturated heterocycles. The maximum atomic E-state index is 13.4. The third-order valence-corrected chi connectivity index (χ3v) is 3.29. The van der Waals surface area contributed by atoms with Crippen molar-refractivity contribution in [2.24, 2.45) is 0 Å². The summed E-state index contributed by atoms with van der Waals surface area (Å²) in [4.78, 5) is 0. The van der Waals surface area contributed by atoms with Gasteiger partial charge in [-0.25, -0.2) is 4.39 Å². The van der Waals surface area contributed by atoms with E-state index in [-0.39, 0.29) is 5.56 Å². The second-order valence-electron chi connectivity index (χ2n) is 4.87. The smallest absolute Gasteiger partial charge is 0.309 e. The predicted molar refractivity (Wildman–Crippen MR) is 73.5 cm³/mol. The fourth-order valence-corrected chi connectivity index (χ4v) is 2.38. The first-order chi connectivity index (χ1) is 9.82. The number of aryl methyl sites for hydroxylation is 1. The van der Waals surface area contributed by atoms with Crippen molar-refractivity contribution in [1.29, 1.82) is 0 Å². The van der Waals surface area contributed by atoms with Gasteiger partial charge in [0.25, 0.3) is 0 Å². The van der Waals surface area contributed by atoms with Crippen LogP contribution < -0.4 is 5.32 Å². The van der Waals surface area contributed by atoms with E-state index in [1.165, 1.54) is 0 Å². The van der Waals surface area contributed by atoms with Crippen LogP contribution in [0.25, 0.3) is 0 Å². The minimum atomic E-state index is -4.53. The van der Waals surface area contributed by atoms with E-state index in [0.29, 0.717) is 5.56 Å². The second kappa shape index (κ2) is 5.85. The van der Waals surface area contributed by atoms with Crippen molar-refractivity contribution in [2.75, 3.05) is 7.05 Å². The van der Waals surface area contributed by atoms with Crippen LogP contribution in [0.2, 0.25) is 0 Å². The maximum Gasteiger partial charge on any atom is 0.416 e. The first-order valence-electron chi connectivity index (χ1n) is 6.43. The molecule has 5 heteroatoms. The third-order valence-electron chi connectivity index (χ3n) is 3.29. The van der Waals surface area contributed by atoms with Crippen molar-refractivity contribution in [2.45, 2.75) is 19.1 Å². The number of benzene rings is 2. The zero-order valence-electron chi connectivity index (χ0n) is 11.6. The number of hydrogen-bond donors (Lipinski definition) is 1. The fraction of sp³-hybridized carbons (Fsp3) is 0.250. The molecule has 0 bridgehead atoms. The van der Waals surface area contributed by atoms with Gasteiger partial charge in [-0.2, -0.15) is 13.2 Å². The van der Waals surface area contributed by atoms with Gasteiger partial charge in [0.15, 0.2) is 0 Å². The van der Waals surface area contributed by atoms with Crippen LogP contribution in [0.15, 0.2) is 42.5 Å². The minimum absolute atomic E-state index is 0.115. The van der Waals surface area contributed by atoms with Crippen LogP contribution >= 0.6 is 0 Å². The van der Waals surface area contributed by atoms with Gasteiger partial charge in [0, 0.05) is 0 Å². The lowest BCUT2D eigenvalue weighted by Gasteiger charge is -2.22. The van der Waals surface area contributed by atoms with Crippen molar-refractivity contribution >= 4 is 0 Å². The van der Waals surface area contributed by atoms with Crippen LogP contribution in [-0.2, 0) is 6.18 Å². The van der Waals surface area contributed by atoms with E-state index in [9.17, 15) is 17.6 Å². The molecule has 1 N–H and O–H groups in total. The van der Waals surface area contributed by atoms with E-state index in [0.717, 1.165) is 23.8 Å². The normalized spacial score (nSPS) is 13.2. The SMILES string of the molecule is CNC(c1cccc(C)c1)c1cc(F)ccc1C(F)(F)F. The number of rotatable bonds is 3. The number of halogens is 4. The summed E-state index contributed by atoms with van der Waals surface area (Å²) < 4.78 is 52.8. The van der Waals surface area contributed by atoms with E-state index in [2.05, 4.69) is 5.32 Å². The van der Waals surface area contributed by atoms with Gasteiger partial charge in [0.05, 0.1) is 11.6 Å². The summed E-state index contributed by atoms with van der Waals surface area (Å²) in [6.45, 7) is 1.85. The topological polar surface area (TPSA) is 12.0 Å². The Balaban J connectivity index is 2.59. The van der Waals surface area contributed by atoms with E-state index in [1.807, 2.05) is 13.0 Å². The molecule has 0 amide bonds. The molecule has 0 aliphatic heterocycles. The molecule has 112 valence electrons. The molecule has 0 spiro atoms. The molecule has 0 saturated carbocycles. The molecule has 0 heterocycles. The minimum Gasteiger partial charge on any atom is -0.309 e. The van der Waals surface area contributed by atoms with Crippen LogP contribution in [0.1, 0.15) is 28.3 Å². The van der Waals surface area contributed by atoms with Crippen molar-refractivity contribution in [3.8, 4) is 0 Å². The third kappa shape index (κ3) is 3.42. The highest BCUT2D eigenvalue weighted by molar-refractivity contribution is 5.40. The molecule has 2 aromatic carbocycles. The predicted octanol–water partition coefficient (Wildman–Crippen LogP) is 4.46. The van der Waals surface area contributed by atoms with E-state index in [1.54, 1.807) is 25.2 Å². The monoisotopic (exact) mass is 297 g/mol. The van der Waals surface area contributed by atoms with Crippen molar-refractivity contribution < 1.29 is 17.6 Å². The Bertz CT molecular complexity index is 634. The molecule has 1 atom stereocenters. The Hall–Kier alpha value is -1.88. The zero-order chi connectivity index (χ0) is 15.6. The Kier molecular flexibility index (Phi) is 4.32. The lowest BCUT2D eigenvalue weighted by Crippen LogP contribution is -2.22. The van der Waals surface area contributed by atoms with Crippen LogP contribution in [-0.4, -0.2) is 7.05 Å². The zero-order valence-corrected chi connectivity index (χ0v) is 11.6. The van der Waals surface area contributed by atoms with Gasteiger partial charge < -0.3 is 5.32 Å². The van der Waals surface area contributed by atoms with Gasteiger partial charge in [-0.05, 0) is 43.3 Å². The first-order valence-corrected chi connectivity index (χ1v) is 6.43. The molecule has 0 aromatic heterocycles. The van der Waals surface area contributed by atoms with Crippen LogP contribution in [0.3, 0.4) is 0 Å². The quantitative estimate of drug-likeness (QED) is 0.825. The summed E-state index contributed by atoms with van der Waals surface area (Å²) in [6.07, 6.45) is -4.53. The van der Waals surface area contributed by atoms with Gasteiger partial charge in [-0.3, -0.25) is 0 Å². The summed E-state index contributed by atoms with van der Waals surface area (Å²) >= 11 is 0. The van der Waals surface area contributed by atoms with Crippen molar-refractivity contribution in [3.05, 3.63) is 70.5 Å². The highest BCUT2D eigenvalue weighted by Gasteiger charge is 2.35. The summed E-state index contributed by atoms with van der Waals surface area (Å²) in [5.74, 6) is -0.689. The Morgan fingerprint density at radius 3 is 2.33 bits per heavy atom. The van der Waals surface area contributed by atoms with Crippen molar-refractivity contribution in [3.63, 3.8) is 0 Å². The molecule has 2 aromatic rings. The van der Waals surface area contributed by atoms with Gasteiger partial charge in [-0.15, -0.1) is 0 Å². The van der Waals surface area contributed by atoms with E-state index < -0.39 is 23.6 Å². The first kappa shape index (κ1) is 15.5. The van der Waals surface area contributed by atoms with Gasteiger partial charge in [0.1, 0.15) is 5.82 Å². The summed E-state index contributed by atoms with van der Waals surface area (Å²) in [7, 11) is 1.55. The van der Waals surface area contributed by atoms with Crippen LogP contribution in [0.4, 0.5) is 17.6 Å². The van der Waals surface area contributed by atoms with Gasteiger partial charge in [0.2, 0.25) is 0 Å². The Morgan fingerprint density at radius 2 is 1.76 bits per heavy atom. The molecule has 0 fully saturated rings. The summed E-state index contributed by atoms with van der Waals surface area (Å²) in [5, 5.41) is 2.83. The maximum absolute atomic E-state index is 13.4. The van der Waals surface area contributed by atoms with Crippen LogP contribution in [0, 0.1) is 12.7 Å². The molecule has 0 radical (unpaired) electrons. The van der Waals surface area contributed by atoms with E-state index >= 15 is 0 Å².